The van der Waals surface area contributed by atoms with Crippen molar-refractivity contribution in [1.82, 2.24) is 9.97 Å². The van der Waals surface area contributed by atoms with Crippen molar-refractivity contribution in [2.24, 2.45) is 16.0 Å². The van der Waals surface area contributed by atoms with Gasteiger partial charge in [-0.1, -0.05) is 18.2 Å². The van der Waals surface area contributed by atoms with Gasteiger partial charge >= 0.3 is 10.3 Å². The number of nitrogens with one attached hydrogen (secondary N) is 1. The lowest BCUT2D eigenvalue weighted by atomic mass is 9.86. The molecular weight excluding hydrogens is 430 g/mol. The number of anilines is 1. The topological polar surface area (TPSA) is 140 Å². The maximum absolute atomic E-state index is 11.1. The standard InChI is InChI=1S/C22H27N5O4S/c23-32(29,30)31-11-14-8-15(9-20(14)28)26-22-21-19(24-12-25-22)10-18(27-21)17-7-3-5-13-4-1-2-6-16(13)17/h3,5,7,12,14-15,20,28H,1-2,4,6,8-11H2,(H2,23,29,30)(H,24,25,26)/t14-,15+,20-/m0/s1. The largest absolute Gasteiger partial charge is 0.393 e. The Balaban J connectivity index is 1.34. The van der Waals surface area contributed by atoms with E-state index >= 15 is 0 Å². The second-order valence-corrected chi connectivity index (χ2v) is 10.0. The second kappa shape index (κ2) is 8.51. The summed E-state index contributed by atoms with van der Waals surface area (Å²) < 4.78 is 26.8. The normalized spacial score (nSPS) is 24.7. The van der Waals surface area contributed by atoms with E-state index in [1.54, 1.807) is 0 Å². The molecule has 10 heteroatoms. The Hall–Kier alpha value is -2.40. The lowest BCUT2D eigenvalue weighted by Gasteiger charge is -2.19. The molecule has 1 aromatic heterocycles. The number of aromatic nitrogens is 2. The fraction of sp³-hybridized carbons (Fsp3) is 0.500. The van der Waals surface area contributed by atoms with E-state index in [1.807, 2.05) is 0 Å². The number of aliphatic imine (C=N–C) groups is 1. The summed E-state index contributed by atoms with van der Waals surface area (Å²) in [6.45, 7) is -0.137. The average molecular weight is 458 g/mol. The Kier molecular flexibility index (Phi) is 5.70. The summed E-state index contributed by atoms with van der Waals surface area (Å²) in [5.74, 6) is 0.315. The van der Waals surface area contributed by atoms with E-state index in [2.05, 4.69) is 37.7 Å². The van der Waals surface area contributed by atoms with E-state index in [9.17, 15) is 13.5 Å². The van der Waals surface area contributed by atoms with Crippen molar-refractivity contribution in [2.45, 2.75) is 57.1 Å². The summed E-state index contributed by atoms with van der Waals surface area (Å²) in [7, 11) is -4.03. The molecule has 0 amide bonds. The van der Waals surface area contributed by atoms with E-state index in [1.165, 1.54) is 35.9 Å². The molecule has 1 saturated carbocycles. The van der Waals surface area contributed by atoms with Crippen LogP contribution < -0.4 is 10.5 Å². The number of hydrogen-bond acceptors (Lipinski definition) is 8. The highest BCUT2D eigenvalue weighted by Gasteiger charge is 2.35. The Morgan fingerprint density at radius 2 is 2.03 bits per heavy atom. The summed E-state index contributed by atoms with van der Waals surface area (Å²) in [6, 6.07) is 6.40. The molecule has 2 aliphatic carbocycles. The minimum Gasteiger partial charge on any atom is -0.393 e. The number of aliphatic hydroxyl groups excluding tert-OH is 1. The number of aliphatic hydroxyl groups is 1. The van der Waals surface area contributed by atoms with Crippen molar-refractivity contribution in [3.63, 3.8) is 0 Å². The molecular formula is C22H27N5O4S. The van der Waals surface area contributed by atoms with Crippen LogP contribution in [0.1, 0.15) is 48.1 Å². The molecule has 170 valence electrons. The minimum atomic E-state index is -4.03. The Morgan fingerprint density at radius 1 is 1.19 bits per heavy atom. The molecule has 3 aliphatic rings. The molecule has 2 heterocycles. The van der Waals surface area contributed by atoms with Gasteiger partial charge in [-0.3, -0.25) is 4.18 Å². The lowest BCUT2D eigenvalue weighted by Crippen LogP contribution is -2.24. The number of hydrogen-bond donors (Lipinski definition) is 3. The van der Waals surface area contributed by atoms with Crippen molar-refractivity contribution < 1.29 is 17.7 Å². The van der Waals surface area contributed by atoms with Gasteiger partial charge in [-0.25, -0.2) is 20.1 Å². The monoisotopic (exact) mass is 457 g/mol. The van der Waals surface area contributed by atoms with Crippen LogP contribution in [0.15, 0.2) is 29.5 Å². The van der Waals surface area contributed by atoms with Gasteiger partial charge in [-0.05, 0) is 55.2 Å². The van der Waals surface area contributed by atoms with Crippen LogP contribution in [0.3, 0.4) is 0 Å². The lowest BCUT2D eigenvalue weighted by molar-refractivity contribution is 0.101. The molecule has 32 heavy (non-hydrogen) atoms. The van der Waals surface area contributed by atoms with E-state index in [-0.39, 0.29) is 18.6 Å². The van der Waals surface area contributed by atoms with E-state index in [0.717, 1.165) is 29.9 Å². The van der Waals surface area contributed by atoms with Gasteiger partial charge in [0, 0.05) is 18.4 Å². The molecule has 3 atom stereocenters. The van der Waals surface area contributed by atoms with Gasteiger partial charge in [0.2, 0.25) is 0 Å². The molecule has 0 radical (unpaired) electrons. The third-order valence-corrected chi connectivity index (χ3v) is 7.10. The van der Waals surface area contributed by atoms with E-state index in [4.69, 9.17) is 10.1 Å². The van der Waals surface area contributed by atoms with E-state index < -0.39 is 16.4 Å². The summed E-state index contributed by atoms with van der Waals surface area (Å²) in [5.41, 5.74) is 6.69. The predicted molar refractivity (Wildman–Crippen MR) is 120 cm³/mol. The first kappa shape index (κ1) is 21.4. The van der Waals surface area contributed by atoms with Crippen LogP contribution in [0.2, 0.25) is 0 Å². The number of benzene rings is 1. The Morgan fingerprint density at radius 3 is 2.88 bits per heavy atom. The molecule has 1 aliphatic heterocycles. The van der Waals surface area contributed by atoms with Crippen LogP contribution in [0, 0.1) is 5.92 Å². The van der Waals surface area contributed by atoms with Gasteiger partial charge in [0.25, 0.3) is 0 Å². The Bertz CT molecular complexity index is 1170. The first-order valence-electron chi connectivity index (χ1n) is 11.0. The number of fused-ring (bicyclic) bond motifs is 2. The third kappa shape index (κ3) is 4.40. The number of nitrogens with two attached hydrogens (primary N) is 1. The highest BCUT2D eigenvalue weighted by molar-refractivity contribution is 7.84. The maximum Gasteiger partial charge on any atom is 0.333 e. The fourth-order valence-electron chi connectivity index (χ4n) is 5.08. The summed E-state index contributed by atoms with van der Waals surface area (Å²) >= 11 is 0. The van der Waals surface area contributed by atoms with Gasteiger partial charge in [-0.2, -0.15) is 8.42 Å². The molecule has 0 unspecified atom stereocenters. The summed E-state index contributed by atoms with van der Waals surface area (Å²) in [6.07, 6.45) is 7.16. The molecule has 4 N–H and O–H groups in total. The second-order valence-electron chi connectivity index (χ2n) is 8.82. The third-order valence-electron chi connectivity index (χ3n) is 6.63. The zero-order valence-electron chi connectivity index (χ0n) is 17.7. The minimum absolute atomic E-state index is 0.0817. The summed E-state index contributed by atoms with van der Waals surface area (Å²) in [4.78, 5) is 13.8. The van der Waals surface area contributed by atoms with Gasteiger partial charge in [0.05, 0.1) is 24.1 Å². The molecule has 9 nitrogen and oxygen atoms in total. The van der Waals surface area contributed by atoms with Crippen molar-refractivity contribution >= 4 is 27.5 Å². The highest BCUT2D eigenvalue weighted by Crippen LogP contribution is 2.37. The SMILES string of the molecule is NS(=O)(=O)OC[C@@H]1C[C@@H](Nc2ncnc3c2N=C(c2cccc4c2CCCC4)C3)C[C@@H]1O. The van der Waals surface area contributed by atoms with Crippen LogP contribution in [0.25, 0.3) is 0 Å². The quantitative estimate of drug-likeness (QED) is 0.601. The van der Waals surface area contributed by atoms with Crippen LogP contribution >= 0.6 is 0 Å². The Labute approximate surface area is 187 Å². The van der Waals surface area contributed by atoms with Crippen molar-refractivity contribution in [1.29, 1.82) is 0 Å². The van der Waals surface area contributed by atoms with Crippen LogP contribution in [-0.4, -0.2) is 48.0 Å². The fourth-order valence-corrected chi connectivity index (χ4v) is 5.45. The first-order chi connectivity index (χ1) is 15.4. The number of rotatable bonds is 6. The molecule has 2 aromatic rings. The smallest absolute Gasteiger partial charge is 0.333 e. The van der Waals surface area contributed by atoms with Crippen molar-refractivity contribution in [2.75, 3.05) is 11.9 Å². The zero-order valence-corrected chi connectivity index (χ0v) is 18.5. The first-order valence-corrected chi connectivity index (χ1v) is 12.5. The van der Waals surface area contributed by atoms with Crippen molar-refractivity contribution in [3.05, 3.63) is 46.9 Å². The van der Waals surface area contributed by atoms with E-state index in [0.29, 0.717) is 25.1 Å². The maximum atomic E-state index is 11.1. The van der Waals surface area contributed by atoms with Gasteiger partial charge in [0.1, 0.15) is 12.0 Å². The predicted octanol–water partition coefficient (Wildman–Crippen LogP) is 1.80. The van der Waals surface area contributed by atoms with Crippen LogP contribution in [0.5, 0.6) is 0 Å². The number of aryl methyl sites for hydroxylation is 1. The van der Waals surface area contributed by atoms with Crippen LogP contribution in [-0.2, 0) is 33.7 Å². The summed E-state index contributed by atoms with van der Waals surface area (Å²) in [5, 5.41) is 18.6. The van der Waals surface area contributed by atoms with Gasteiger partial charge in [-0.15, -0.1) is 0 Å². The molecule has 0 bridgehead atoms. The van der Waals surface area contributed by atoms with Gasteiger partial charge in [0.15, 0.2) is 5.82 Å². The molecule has 1 fully saturated rings. The van der Waals surface area contributed by atoms with Crippen LogP contribution in [0.4, 0.5) is 11.5 Å². The molecule has 1 aromatic carbocycles. The molecule has 0 spiro atoms. The molecule has 0 saturated heterocycles. The van der Waals surface area contributed by atoms with Crippen molar-refractivity contribution in [3.8, 4) is 0 Å². The highest BCUT2D eigenvalue weighted by atomic mass is 32.2. The molecule has 5 rings (SSSR count). The van der Waals surface area contributed by atoms with Gasteiger partial charge < -0.3 is 10.4 Å². The number of nitrogens with zero attached hydrogens (tertiary/aromatic N) is 3. The average Bonchev–Trinajstić information content (AvgIpc) is 3.35. The zero-order chi connectivity index (χ0) is 22.3.